The Morgan fingerprint density at radius 1 is 0.946 bits per heavy atom. The number of fused-ring (bicyclic) bond motifs is 3. The van der Waals surface area contributed by atoms with Crippen molar-refractivity contribution < 1.29 is 41.0 Å². The van der Waals surface area contributed by atoms with Crippen LogP contribution in [0.25, 0.3) is 10.9 Å². The van der Waals surface area contributed by atoms with E-state index in [4.69, 9.17) is 4.74 Å². The molecule has 3 aliphatic rings. The molecule has 2 aromatic rings. The van der Waals surface area contributed by atoms with Gasteiger partial charge in [-0.25, -0.2) is 0 Å². The van der Waals surface area contributed by atoms with Gasteiger partial charge in [0.05, 0.1) is 29.2 Å². The van der Waals surface area contributed by atoms with E-state index in [0.29, 0.717) is 25.1 Å². The molecule has 2 unspecified atom stereocenters. The Morgan fingerprint density at radius 2 is 1.59 bits per heavy atom. The Morgan fingerprint density at radius 3 is 2.16 bits per heavy atom. The highest BCUT2D eigenvalue weighted by atomic mass is 19.4. The average molecular weight is 531 g/mol. The molecule has 37 heavy (non-hydrogen) atoms. The maximum absolute atomic E-state index is 14.1. The second-order valence-electron chi connectivity index (χ2n) is 10.5. The molecule has 1 aromatic heterocycles. The summed E-state index contributed by atoms with van der Waals surface area (Å²) in [6, 6.07) is 5.83. The number of carboxylic acid groups (broad SMARTS) is 1. The average Bonchev–Trinajstić information content (AvgIpc) is 3.04. The van der Waals surface area contributed by atoms with Gasteiger partial charge >= 0.3 is 18.3 Å². The number of hydrogen-bond acceptors (Lipinski definition) is 4. The zero-order valence-electron chi connectivity index (χ0n) is 20.0. The number of aliphatic carboxylic acids is 1. The molecule has 0 spiro atoms. The van der Waals surface area contributed by atoms with E-state index in [2.05, 4.69) is 9.88 Å². The van der Waals surface area contributed by atoms with Gasteiger partial charge in [0.25, 0.3) is 0 Å². The summed E-state index contributed by atoms with van der Waals surface area (Å²) in [5.74, 6) is -2.99. The summed E-state index contributed by atoms with van der Waals surface area (Å²) in [6.07, 6.45) is -7.11. The lowest BCUT2D eigenvalue weighted by Crippen LogP contribution is -2.44. The number of aromatic nitrogens is 1. The fraction of sp³-hybridized carbons (Fsp3) is 0.615. The summed E-state index contributed by atoms with van der Waals surface area (Å²) in [6.45, 7) is 0.430. The molecule has 0 radical (unpaired) electrons. The third kappa shape index (κ3) is 5.37. The number of carboxylic acids is 1. The van der Waals surface area contributed by atoms with Gasteiger partial charge < -0.3 is 9.84 Å². The number of pyridine rings is 1. The lowest BCUT2D eigenvalue weighted by atomic mass is 9.87. The number of carbonyl (C=O) groups is 1. The van der Waals surface area contributed by atoms with Gasteiger partial charge in [-0.3, -0.25) is 14.7 Å². The second-order valence-corrected chi connectivity index (χ2v) is 10.5. The van der Waals surface area contributed by atoms with Gasteiger partial charge in [-0.2, -0.15) is 26.3 Å². The first-order valence-corrected chi connectivity index (χ1v) is 12.6. The molecule has 2 saturated heterocycles. The van der Waals surface area contributed by atoms with E-state index in [0.717, 1.165) is 12.8 Å². The Bertz CT molecular complexity index is 1150. The summed E-state index contributed by atoms with van der Waals surface area (Å²) < 4.78 is 86.8. The van der Waals surface area contributed by atoms with Gasteiger partial charge in [0.2, 0.25) is 0 Å². The van der Waals surface area contributed by atoms with Gasteiger partial charge in [0.1, 0.15) is 11.3 Å². The zero-order valence-corrected chi connectivity index (χ0v) is 20.0. The maximum Gasteiger partial charge on any atom is 0.420 e. The summed E-state index contributed by atoms with van der Waals surface area (Å²) in [5.41, 5.74) is -0.208. The van der Waals surface area contributed by atoms with E-state index in [1.165, 1.54) is 18.2 Å². The largest absolute Gasteiger partial charge is 0.490 e. The standard InChI is InChI=1S/C26H28F6N2O3/c27-25(28,29)15-1-6-19(7-2-15)37-22-10-9-21-20(23(22)26(30,31)32)8-3-16(33-21)13-34-17-4-5-18(34)12-14(11-17)24(35)36/h3,8-10,14-15,17-19H,1-2,4-7,11-13H2,(H,35,36). The van der Waals surface area contributed by atoms with Crippen molar-refractivity contribution in [3.05, 3.63) is 35.5 Å². The van der Waals surface area contributed by atoms with E-state index in [1.54, 1.807) is 6.07 Å². The smallest absolute Gasteiger partial charge is 0.420 e. The highest BCUT2D eigenvalue weighted by Crippen LogP contribution is 2.44. The monoisotopic (exact) mass is 530 g/mol. The predicted molar refractivity (Wildman–Crippen MR) is 122 cm³/mol. The zero-order chi connectivity index (χ0) is 26.5. The molecule has 3 heterocycles. The Hall–Kier alpha value is -2.56. The molecule has 202 valence electrons. The lowest BCUT2D eigenvalue weighted by Gasteiger charge is -2.37. The van der Waals surface area contributed by atoms with Crippen LogP contribution in [0, 0.1) is 11.8 Å². The Balaban J connectivity index is 1.35. The summed E-state index contributed by atoms with van der Waals surface area (Å²) in [4.78, 5) is 18.1. The molecule has 1 aromatic carbocycles. The van der Waals surface area contributed by atoms with Gasteiger partial charge in [-0.1, -0.05) is 6.07 Å². The van der Waals surface area contributed by atoms with Gasteiger partial charge in [0.15, 0.2) is 0 Å². The van der Waals surface area contributed by atoms with Crippen molar-refractivity contribution in [2.24, 2.45) is 11.8 Å². The molecule has 0 amide bonds. The molecule has 2 bridgehead atoms. The third-order valence-corrected chi connectivity index (χ3v) is 8.18. The van der Waals surface area contributed by atoms with E-state index in [9.17, 15) is 36.2 Å². The van der Waals surface area contributed by atoms with Crippen LogP contribution in [0.3, 0.4) is 0 Å². The summed E-state index contributed by atoms with van der Waals surface area (Å²) >= 11 is 0. The maximum atomic E-state index is 14.1. The Kier molecular flexibility index (Phi) is 6.79. The number of alkyl halides is 6. The van der Waals surface area contributed by atoms with Crippen LogP contribution in [-0.4, -0.2) is 45.3 Å². The summed E-state index contributed by atoms with van der Waals surface area (Å²) in [7, 11) is 0. The number of nitrogens with zero attached hydrogens (tertiary/aromatic N) is 2. The first-order valence-electron chi connectivity index (χ1n) is 12.6. The van der Waals surface area contributed by atoms with Crippen molar-refractivity contribution in [3.63, 3.8) is 0 Å². The predicted octanol–water partition coefficient (Wildman–Crippen LogP) is 6.58. The van der Waals surface area contributed by atoms with Crippen molar-refractivity contribution in [2.75, 3.05) is 0 Å². The Labute approximate surface area is 209 Å². The molecule has 3 fully saturated rings. The number of hydrogen-bond donors (Lipinski definition) is 1. The van der Waals surface area contributed by atoms with Crippen molar-refractivity contribution >= 4 is 16.9 Å². The van der Waals surface area contributed by atoms with Crippen LogP contribution in [0.5, 0.6) is 5.75 Å². The highest BCUT2D eigenvalue weighted by molar-refractivity contribution is 5.85. The summed E-state index contributed by atoms with van der Waals surface area (Å²) in [5, 5.41) is 9.26. The lowest BCUT2D eigenvalue weighted by molar-refractivity contribution is -0.185. The van der Waals surface area contributed by atoms with Crippen LogP contribution in [0.1, 0.15) is 62.6 Å². The molecule has 5 nitrogen and oxygen atoms in total. The SMILES string of the molecule is O=C(O)C1CC2CCC(C1)N2Cc1ccc2c(C(F)(F)F)c(OC3CCC(C(F)(F)F)CC3)ccc2n1. The van der Waals surface area contributed by atoms with Gasteiger partial charge in [-0.05, 0) is 69.6 Å². The van der Waals surface area contributed by atoms with Crippen LogP contribution < -0.4 is 4.74 Å². The number of benzene rings is 1. The molecule has 2 aliphatic heterocycles. The molecule has 1 saturated carbocycles. The minimum Gasteiger partial charge on any atom is -0.490 e. The number of rotatable bonds is 5. The van der Waals surface area contributed by atoms with Crippen molar-refractivity contribution in [3.8, 4) is 5.75 Å². The first kappa shape index (κ1) is 26.1. The van der Waals surface area contributed by atoms with E-state index >= 15 is 0 Å². The van der Waals surface area contributed by atoms with E-state index < -0.39 is 41.7 Å². The van der Waals surface area contributed by atoms with Crippen molar-refractivity contribution in [2.45, 2.75) is 88.5 Å². The van der Waals surface area contributed by atoms with E-state index in [-0.39, 0.29) is 54.6 Å². The van der Waals surface area contributed by atoms with Crippen LogP contribution in [0.4, 0.5) is 26.3 Å². The van der Waals surface area contributed by atoms with Gasteiger partial charge in [-0.15, -0.1) is 0 Å². The molecule has 1 N–H and O–H groups in total. The molecular weight excluding hydrogens is 502 g/mol. The molecular formula is C26H28F6N2O3. The molecule has 2 atom stereocenters. The normalized spacial score (nSPS) is 29.0. The fourth-order valence-electron chi connectivity index (χ4n) is 6.31. The highest BCUT2D eigenvalue weighted by Gasteiger charge is 2.44. The quantitative estimate of drug-likeness (QED) is 0.443. The van der Waals surface area contributed by atoms with Crippen LogP contribution in [0.2, 0.25) is 0 Å². The van der Waals surface area contributed by atoms with Crippen LogP contribution in [0.15, 0.2) is 24.3 Å². The topological polar surface area (TPSA) is 62.7 Å². The number of halogens is 6. The minimum atomic E-state index is -4.74. The fourth-order valence-corrected chi connectivity index (χ4v) is 6.31. The van der Waals surface area contributed by atoms with Crippen LogP contribution >= 0.6 is 0 Å². The first-order chi connectivity index (χ1) is 17.4. The molecule has 11 heteroatoms. The molecule has 5 rings (SSSR count). The van der Waals surface area contributed by atoms with Crippen molar-refractivity contribution in [1.82, 2.24) is 9.88 Å². The second kappa shape index (κ2) is 9.63. The van der Waals surface area contributed by atoms with E-state index in [1.807, 2.05) is 0 Å². The third-order valence-electron chi connectivity index (χ3n) is 8.18. The van der Waals surface area contributed by atoms with Crippen LogP contribution in [-0.2, 0) is 17.5 Å². The number of piperidine rings is 1. The van der Waals surface area contributed by atoms with Crippen molar-refractivity contribution in [1.29, 1.82) is 0 Å². The van der Waals surface area contributed by atoms with Gasteiger partial charge in [0, 0.05) is 24.0 Å². The number of ether oxygens (including phenoxy) is 1. The molecule has 1 aliphatic carbocycles. The minimum absolute atomic E-state index is 0.0393.